The van der Waals surface area contributed by atoms with Crippen LogP contribution in [0.3, 0.4) is 0 Å². The van der Waals surface area contributed by atoms with Crippen molar-refractivity contribution in [3.05, 3.63) is 11.8 Å². The number of hydrogen-bond donors (Lipinski definition) is 2. The van der Waals surface area contributed by atoms with Gasteiger partial charge >= 0.3 is 6.09 Å². The number of ether oxygens (including phenoxy) is 2. The zero-order chi connectivity index (χ0) is 16.9. The third kappa shape index (κ3) is 4.05. The standard InChI is InChI=1S/C16H25N5O3/c1-2-24-16(22)21-6-3-12(4-7-21)18-14-9-13(19-15(17)20-14)11-5-8-23-10-11/h9,11-12H,2-8,10H2,1H3,(H3,17,18,19,20). The minimum Gasteiger partial charge on any atom is -0.450 e. The van der Waals surface area contributed by atoms with Crippen LogP contribution in [0.15, 0.2) is 6.07 Å². The molecule has 0 spiro atoms. The highest BCUT2D eigenvalue weighted by Crippen LogP contribution is 2.26. The molecule has 1 unspecified atom stereocenters. The fraction of sp³-hybridized carbons (Fsp3) is 0.688. The van der Waals surface area contributed by atoms with Gasteiger partial charge in [-0.2, -0.15) is 4.98 Å². The maximum atomic E-state index is 11.7. The molecule has 8 nitrogen and oxygen atoms in total. The monoisotopic (exact) mass is 335 g/mol. The predicted octanol–water partition coefficient (Wildman–Crippen LogP) is 1.60. The molecule has 3 rings (SSSR count). The zero-order valence-electron chi connectivity index (χ0n) is 14.0. The molecule has 0 aromatic carbocycles. The summed E-state index contributed by atoms with van der Waals surface area (Å²) in [5, 5.41) is 3.43. The third-order valence-corrected chi connectivity index (χ3v) is 4.48. The maximum Gasteiger partial charge on any atom is 0.409 e. The third-order valence-electron chi connectivity index (χ3n) is 4.48. The first-order valence-corrected chi connectivity index (χ1v) is 8.56. The van der Waals surface area contributed by atoms with Gasteiger partial charge in [0.1, 0.15) is 5.82 Å². The van der Waals surface area contributed by atoms with Gasteiger partial charge in [-0.1, -0.05) is 0 Å². The van der Waals surface area contributed by atoms with E-state index < -0.39 is 0 Å². The van der Waals surface area contributed by atoms with E-state index in [-0.39, 0.29) is 18.1 Å². The Morgan fingerprint density at radius 1 is 1.42 bits per heavy atom. The molecule has 2 fully saturated rings. The maximum absolute atomic E-state index is 11.7. The van der Waals surface area contributed by atoms with Gasteiger partial charge in [-0.05, 0) is 26.2 Å². The Bertz CT molecular complexity index is 569. The van der Waals surface area contributed by atoms with Gasteiger partial charge in [0.05, 0.1) is 18.9 Å². The molecule has 3 N–H and O–H groups in total. The average Bonchev–Trinajstić information content (AvgIpc) is 3.10. The van der Waals surface area contributed by atoms with E-state index >= 15 is 0 Å². The van der Waals surface area contributed by atoms with Gasteiger partial charge in [0.2, 0.25) is 5.95 Å². The summed E-state index contributed by atoms with van der Waals surface area (Å²) in [6.45, 7) is 5.04. The summed E-state index contributed by atoms with van der Waals surface area (Å²) in [6, 6.07) is 2.23. The average molecular weight is 335 g/mol. The molecule has 2 aliphatic rings. The first-order valence-electron chi connectivity index (χ1n) is 8.56. The summed E-state index contributed by atoms with van der Waals surface area (Å²) in [5.41, 5.74) is 6.79. The smallest absolute Gasteiger partial charge is 0.409 e. The summed E-state index contributed by atoms with van der Waals surface area (Å²) < 4.78 is 10.5. The SMILES string of the molecule is CCOC(=O)N1CCC(Nc2cc(C3CCOC3)nc(N)n2)CC1. The van der Waals surface area contributed by atoms with E-state index in [1.807, 2.05) is 13.0 Å². The first-order chi connectivity index (χ1) is 11.7. The quantitative estimate of drug-likeness (QED) is 0.861. The topological polar surface area (TPSA) is 103 Å². The summed E-state index contributed by atoms with van der Waals surface area (Å²) in [6.07, 6.45) is 2.44. The largest absolute Gasteiger partial charge is 0.450 e. The minimum absolute atomic E-state index is 0.231. The highest BCUT2D eigenvalue weighted by molar-refractivity contribution is 5.67. The lowest BCUT2D eigenvalue weighted by Crippen LogP contribution is -2.42. The van der Waals surface area contributed by atoms with Crippen LogP contribution in [0.5, 0.6) is 0 Å². The molecule has 0 bridgehead atoms. The fourth-order valence-electron chi connectivity index (χ4n) is 3.17. The van der Waals surface area contributed by atoms with Gasteiger partial charge in [0.15, 0.2) is 0 Å². The Labute approximate surface area is 141 Å². The Balaban J connectivity index is 1.58. The van der Waals surface area contributed by atoms with Crippen molar-refractivity contribution in [1.82, 2.24) is 14.9 Å². The molecular formula is C16H25N5O3. The van der Waals surface area contributed by atoms with Crippen LogP contribution in [0.25, 0.3) is 0 Å². The second-order valence-electron chi connectivity index (χ2n) is 6.20. The number of nitrogens with zero attached hydrogens (tertiary/aromatic N) is 3. The normalized spacial score (nSPS) is 21.7. The predicted molar refractivity (Wildman–Crippen MR) is 89.9 cm³/mol. The van der Waals surface area contributed by atoms with Crippen molar-refractivity contribution >= 4 is 17.9 Å². The molecule has 1 aromatic heterocycles. The summed E-state index contributed by atoms with van der Waals surface area (Å²) >= 11 is 0. The number of anilines is 2. The van der Waals surface area contributed by atoms with Crippen molar-refractivity contribution in [3.8, 4) is 0 Å². The van der Waals surface area contributed by atoms with E-state index in [1.165, 1.54) is 0 Å². The molecule has 3 heterocycles. The van der Waals surface area contributed by atoms with Crippen LogP contribution in [0.4, 0.5) is 16.6 Å². The highest BCUT2D eigenvalue weighted by atomic mass is 16.6. The van der Waals surface area contributed by atoms with E-state index in [4.69, 9.17) is 15.2 Å². The molecule has 2 saturated heterocycles. The fourth-order valence-corrected chi connectivity index (χ4v) is 3.17. The van der Waals surface area contributed by atoms with Crippen LogP contribution in [0, 0.1) is 0 Å². The van der Waals surface area contributed by atoms with E-state index in [2.05, 4.69) is 15.3 Å². The van der Waals surface area contributed by atoms with Crippen molar-refractivity contribution < 1.29 is 14.3 Å². The number of carbonyl (C=O) groups excluding carboxylic acids is 1. The van der Waals surface area contributed by atoms with Crippen molar-refractivity contribution in [2.45, 2.75) is 38.1 Å². The van der Waals surface area contributed by atoms with Crippen molar-refractivity contribution in [1.29, 1.82) is 0 Å². The summed E-state index contributed by atoms with van der Waals surface area (Å²) in [4.78, 5) is 22.1. The molecule has 1 amide bonds. The Kier molecular flexibility index (Phi) is 5.34. The highest BCUT2D eigenvalue weighted by Gasteiger charge is 2.25. The summed E-state index contributed by atoms with van der Waals surface area (Å²) in [7, 11) is 0. The Morgan fingerprint density at radius 2 is 2.21 bits per heavy atom. The van der Waals surface area contributed by atoms with E-state index in [0.717, 1.165) is 37.4 Å². The van der Waals surface area contributed by atoms with Gasteiger partial charge < -0.3 is 25.4 Å². The molecule has 132 valence electrons. The number of nitrogens with two attached hydrogens (primary N) is 1. The van der Waals surface area contributed by atoms with Crippen molar-refractivity contribution in [2.75, 3.05) is 44.0 Å². The van der Waals surface area contributed by atoms with Gasteiger partial charge in [0, 0.05) is 37.7 Å². The van der Waals surface area contributed by atoms with Crippen LogP contribution >= 0.6 is 0 Å². The number of carbonyl (C=O) groups is 1. The number of hydrogen-bond acceptors (Lipinski definition) is 7. The van der Waals surface area contributed by atoms with Crippen molar-refractivity contribution in [2.24, 2.45) is 0 Å². The Hall–Kier alpha value is -2.09. The lowest BCUT2D eigenvalue weighted by molar-refractivity contribution is 0.0983. The minimum atomic E-state index is -0.231. The Morgan fingerprint density at radius 3 is 2.88 bits per heavy atom. The number of aromatic nitrogens is 2. The van der Waals surface area contributed by atoms with Gasteiger partial charge in [-0.15, -0.1) is 0 Å². The molecule has 1 aromatic rings. The molecular weight excluding hydrogens is 310 g/mol. The van der Waals surface area contributed by atoms with E-state index in [0.29, 0.717) is 32.2 Å². The molecule has 2 aliphatic heterocycles. The van der Waals surface area contributed by atoms with E-state index in [1.54, 1.807) is 4.90 Å². The van der Waals surface area contributed by atoms with Crippen LogP contribution in [-0.2, 0) is 9.47 Å². The number of rotatable bonds is 4. The lowest BCUT2D eigenvalue weighted by atomic mass is 10.0. The van der Waals surface area contributed by atoms with Crippen LogP contribution in [-0.4, -0.2) is 59.9 Å². The number of piperidine rings is 1. The molecule has 0 aliphatic carbocycles. The van der Waals surface area contributed by atoms with Crippen LogP contribution in [0.1, 0.15) is 37.8 Å². The molecule has 0 radical (unpaired) electrons. The van der Waals surface area contributed by atoms with Gasteiger partial charge in [-0.25, -0.2) is 9.78 Å². The van der Waals surface area contributed by atoms with E-state index in [9.17, 15) is 4.79 Å². The van der Waals surface area contributed by atoms with Crippen LogP contribution < -0.4 is 11.1 Å². The number of likely N-dealkylation sites (tertiary alicyclic amines) is 1. The molecule has 24 heavy (non-hydrogen) atoms. The zero-order valence-corrected chi connectivity index (χ0v) is 14.0. The summed E-state index contributed by atoms with van der Waals surface area (Å²) in [5.74, 6) is 1.33. The lowest BCUT2D eigenvalue weighted by Gasteiger charge is -2.32. The number of nitrogen functional groups attached to an aromatic ring is 1. The number of amides is 1. The second kappa shape index (κ2) is 7.65. The van der Waals surface area contributed by atoms with Crippen LogP contribution in [0.2, 0.25) is 0 Å². The van der Waals surface area contributed by atoms with Gasteiger partial charge in [0.25, 0.3) is 0 Å². The number of nitrogens with one attached hydrogen (secondary N) is 1. The second-order valence-corrected chi connectivity index (χ2v) is 6.20. The molecule has 1 atom stereocenters. The molecule has 0 saturated carbocycles. The van der Waals surface area contributed by atoms with Gasteiger partial charge in [-0.3, -0.25) is 0 Å². The van der Waals surface area contributed by atoms with Crippen molar-refractivity contribution in [3.63, 3.8) is 0 Å². The molecule has 8 heteroatoms. The first kappa shape index (κ1) is 16.8.